The molecule has 1 aromatic rings. The first-order valence-electron chi connectivity index (χ1n) is 6.85. The molecular weight excluding hydrogens is 290 g/mol. The van der Waals surface area contributed by atoms with Crippen LogP contribution in [0.4, 0.5) is 5.82 Å². The van der Waals surface area contributed by atoms with E-state index in [1.54, 1.807) is 0 Å². The van der Waals surface area contributed by atoms with E-state index in [-0.39, 0.29) is 0 Å². The predicted molar refractivity (Wildman–Crippen MR) is 80.1 cm³/mol. The summed E-state index contributed by atoms with van der Waals surface area (Å²) < 4.78 is 1.08. The molecule has 0 unspecified atom stereocenters. The molecule has 0 bridgehead atoms. The summed E-state index contributed by atoms with van der Waals surface area (Å²) in [6, 6.07) is 2.02. The molecule has 18 heavy (non-hydrogen) atoms. The van der Waals surface area contributed by atoms with Gasteiger partial charge in [-0.3, -0.25) is 0 Å². The first-order chi connectivity index (χ1) is 8.77. The molecule has 4 heteroatoms. The van der Waals surface area contributed by atoms with Crippen LogP contribution in [0.3, 0.4) is 0 Å². The van der Waals surface area contributed by atoms with Crippen molar-refractivity contribution < 1.29 is 0 Å². The molecule has 0 atom stereocenters. The van der Waals surface area contributed by atoms with Crippen molar-refractivity contribution in [1.29, 1.82) is 0 Å². The summed E-state index contributed by atoms with van der Waals surface area (Å²) in [7, 11) is 0. The standard InChI is InChI=1S/C14H22BrN3/c1-12-6-7-16-14(13(12)15)17-8-11-18-9-4-2-3-5-10-18/h6-7H,2-5,8-11H2,1H3,(H,16,17). The predicted octanol–water partition coefficient (Wildman–Crippen LogP) is 3.44. The summed E-state index contributed by atoms with van der Waals surface area (Å²) in [5.74, 6) is 0.963. The highest BCUT2D eigenvalue weighted by Gasteiger charge is 2.09. The third-order valence-electron chi connectivity index (χ3n) is 3.50. The van der Waals surface area contributed by atoms with Crippen LogP contribution in [-0.2, 0) is 0 Å². The maximum atomic E-state index is 4.36. The smallest absolute Gasteiger partial charge is 0.140 e. The molecule has 0 radical (unpaired) electrons. The van der Waals surface area contributed by atoms with Crippen LogP contribution in [0.5, 0.6) is 0 Å². The summed E-state index contributed by atoms with van der Waals surface area (Å²) in [4.78, 5) is 6.92. The summed E-state index contributed by atoms with van der Waals surface area (Å²) >= 11 is 3.58. The number of nitrogens with zero attached hydrogens (tertiary/aromatic N) is 2. The van der Waals surface area contributed by atoms with Crippen LogP contribution in [0.1, 0.15) is 31.2 Å². The van der Waals surface area contributed by atoms with Gasteiger partial charge in [0.2, 0.25) is 0 Å². The van der Waals surface area contributed by atoms with Gasteiger partial charge < -0.3 is 10.2 Å². The number of aryl methyl sites for hydroxylation is 1. The van der Waals surface area contributed by atoms with Crippen molar-refractivity contribution >= 4 is 21.7 Å². The van der Waals surface area contributed by atoms with E-state index in [1.807, 2.05) is 12.3 Å². The molecule has 0 saturated carbocycles. The Hall–Kier alpha value is -0.610. The third kappa shape index (κ3) is 3.95. The summed E-state index contributed by atoms with van der Waals surface area (Å²) in [5.41, 5.74) is 1.22. The maximum absolute atomic E-state index is 4.36. The number of nitrogens with one attached hydrogen (secondary N) is 1. The molecule has 100 valence electrons. The Balaban J connectivity index is 1.79. The van der Waals surface area contributed by atoms with Gasteiger partial charge in [0, 0.05) is 19.3 Å². The van der Waals surface area contributed by atoms with E-state index in [4.69, 9.17) is 0 Å². The maximum Gasteiger partial charge on any atom is 0.140 e. The topological polar surface area (TPSA) is 28.2 Å². The Labute approximate surface area is 118 Å². The van der Waals surface area contributed by atoms with Crippen LogP contribution in [0.2, 0.25) is 0 Å². The van der Waals surface area contributed by atoms with Crippen molar-refractivity contribution in [2.24, 2.45) is 0 Å². The van der Waals surface area contributed by atoms with Crippen molar-refractivity contribution in [3.05, 3.63) is 22.3 Å². The first kappa shape index (κ1) is 13.8. The quantitative estimate of drug-likeness (QED) is 0.923. The van der Waals surface area contributed by atoms with Crippen LogP contribution in [-0.4, -0.2) is 36.1 Å². The van der Waals surface area contributed by atoms with E-state index in [9.17, 15) is 0 Å². The van der Waals surface area contributed by atoms with E-state index in [1.165, 1.54) is 44.3 Å². The number of pyridine rings is 1. The van der Waals surface area contributed by atoms with Gasteiger partial charge in [-0.05, 0) is 60.4 Å². The van der Waals surface area contributed by atoms with Crippen molar-refractivity contribution in [1.82, 2.24) is 9.88 Å². The molecule has 0 spiro atoms. The molecule has 3 nitrogen and oxygen atoms in total. The zero-order chi connectivity index (χ0) is 12.8. The minimum absolute atomic E-state index is 0.963. The summed E-state index contributed by atoms with van der Waals surface area (Å²) in [5, 5.41) is 3.42. The average molecular weight is 312 g/mol. The molecule has 0 aromatic carbocycles. The Bertz CT molecular complexity index is 373. The second kappa shape index (κ2) is 7.10. The summed E-state index contributed by atoms with van der Waals surface area (Å²) in [6.45, 7) is 6.68. The number of rotatable bonds is 4. The fourth-order valence-electron chi connectivity index (χ4n) is 2.36. The highest BCUT2D eigenvalue weighted by atomic mass is 79.9. The Morgan fingerprint density at radius 2 is 2.00 bits per heavy atom. The van der Waals surface area contributed by atoms with Gasteiger partial charge in [0.1, 0.15) is 5.82 Å². The minimum atomic E-state index is 0.963. The van der Waals surface area contributed by atoms with E-state index in [0.29, 0.717) is 0 Å². The average Bonchev–Trinajstić information content (AvgIpc) is 2.63. The van der Waals surface area contributed by atoms with Gasteiger partial charge in [0.05, 0.1) is 4.47 Å². The normalized spacial score (nSPS) is 17.4. The lowest BCUT2D eigenvalue weighted by Gasteiger charge is -2.20. The molecule has 2 heterocycles. The van der Waals surface area contributed by atoms with Crippen LogP contribution < -0.4 is 5.32 Å². The Morgan fingerprint density at radius 3 is 2.72 bits per heavy atom. The number of hydrogen-bond donors (Lipinski definition) is 1. The number of hydrogen-bond acceptors (Lipinski definition) is 3. The van der Waals surface area contributed by atoms with Gasteiger partial charge in [-0.2, -0.15) is 0 Å². The van der Waals surface area contributed by atoms with E-state index in [0.717, 1.165) is 23.4 Å². The highest BCUT2D eigenvalue weighted by molar-refractivity contribution is 9.10. The second-order valence-electron chi connectivity index (χ2n) is 4.97. The molecule has 1 aromatic heterocycles. The third-order valence-corrected chi connectivity index (χ3v) is 4.50. The molecule has 1 aliphatic rings. The van der Waals surface area contributed by atoms with E-state index < -0.39 is 0 Å². The van der Waals surface area contributed by atoms with Gasteiger partial charge in [-0.1, -0.05) is 12.8 Å². The van der Waals surface area contributed by atoms with E-state index >= 15 is 0 Å². The molecule has 1 N–H and O–H groups in total. The van der Waals surface area contributed by atoms with Gasteiger partial charge in [0.15, 0.2) is 0 Å². The van der Waals surface area contributed by atoms with Gasteiger partial charge in [-0.15, -0.1) is 0 Å². The molecule has 2 rings (SSSR count). The van der Waals surface area contributed by atoms with Crippen LogP contribution >= 0.6 is 15.9 Å². The minimum Gasteiger partial charge on any atom is -0.368 e. The molecule has 0 amide bonds. The molecular formula is C14H22BrN3. The SMILES string of the molecule is Cc1ccnc(NCCN2CCCCCC2)c1Br. The number of likely N-dealkylation sites (tertiary alicyclic amines) is 1. The zero-order valence-electron chi connectivity index (χ0n) is 11.1. The van der Waals surface area contributed by atoms with Crippen molar-refractivity contribution in [2.75, 3.05) is 31.5 Å². The highest BCUT2D eigenvalue weighted by Crippen LogP contribution is 2.22. The Kier molecular flexibility index (Phi) is 5.45. The van der Waals surface area contributed by atoms with Crippen molar-refractivity contribution in [3.63, 3.8) is 0 Å². The fourth-order valence-corrected chi connectivity index (χ4v) is 2.73. The second-order valence-corrected chi connectivity index (χ2v) is 5.77. The first-order valence-corrected chi connectivity index (χ1v) is 7.64. The monoisotopic (exact) mass is 311 g/mol. The summed E-state index contributed by atoms with van der Waals surface area (Å²) in [6.07, 6.45) is 7.36. The largest absolute Gasteiger partial charge is 0.368 e. The molecule has 1 fully saturated rings. The molecule has 1 saturated heterocycles. The van der Waals surface area contributed by atoms with Gasteiger partial charge in [-0.25, -0.2) is 4.98 Å². The van der Waals surface area contributed by atoms with Crippen molar-refractivity contribution in [2.45, 2.75) is 32.6 Å². The van der Waals surface area contributed by atoms with Crippen LogP contribution in [0.25, 0.3) is 0 Å². The molecule has 1 aliphatic heterocycles. The number of aromatic nitrogens is 1. The number of anilines is 1. The lowest BCUT2D eigenvalue weighted by molar-refractivity contribution is 0.296. The van der Waals surface area contributed by atoms with Gasteiger partial charge >= 0.3 is 0 Å². The fraction of sp³-hybridized carbons (Fsp3) is 0.643. The van der Waals surface area contributed by atoms with Crippen LogP contribution in [0, 0.1) is 6.92 Å². The van der Waals surface area contributed by atoms with Crippen molar-refractivity contribution in [3.8, 4) is 0 Å². The van der Waals surface area contributed by atoms with Gasteiger partial charge in [0.25, 0.3) is 0 Å². The lowest BCUT2D eigenvalue weighted by Crippen LogP contribution is -2.30. The Morgan fingerprint density at radius 1 is 1.28 bits per heavy atom. The lowest BCUT2D eigenvalue weighted by atomic mass is 10.2. The number of halogens is 1. The molecule has 0 aliphatic carbocycles. The zero-order valence-corrected chi connectivity index (χ0v) is 12.7. The van der Waals surface area contributed by atoms with E-state index in [2.05, 4.69) is 38.1 Å². The van der Waals surface area contributed by atoms with Crippen LogP contribution in [0.15, 0.2) is 16.7 Å².